The quantitative estimate of drug-likeness (QED) is 0.827. The predicted molar refractivity (Wildman–Crippen MR) is 105 cm³/mol. The molecule has 0 unspecified atom stereocenters. The Morgan fingerprint density at radius 1 is 1.12 bits per heavy atom. The number of hydrogen-bond donors (Lipinski definition) is 2. The highest BCUT2D eigenvalue weighted by atomic mass is 32.1. The molecule has 0 aromatic heterocycles. The zero-order valence-electron chi connectivity index (χ0n) is 14.4. The molecule has 0 radical (unpaired) electrons. The van der Waals surface area contributed by atoms with Gasteiger partial charge in [0.05, 0.1) is 0 Å². The highest BCUT2D eigenvalue weighted by molar-refractivity contribution is 7.80. The molecule has 4 heteroatoms. The van der Waals surface area contributed by atoms with E-state index in [2.05, 4.69) is 77.9 Å². The third-order valence-corrected chi connectivity index (χ3v) is 4.56. The maximum absolute atomic E-state index is 5.49. The fourth-order valence-corrected chi connectivity index (χ4v) is 3.62. The number of rotatable bonds is 4. The van der Waals surface area contributed by atoms with E-state index < -0.39 is 0 Å². The van der Waals surface area contributed by atoms with Gasteiger partial charge in [-0.05, 0) is 61.3 Å². The van der Waals surface area contributed by atoms with E-state index in [4.69, 9.17) is 12.2 Å². The van der Waals surface area contributed by atoms with Crippen molar-refractivity contribution in [3.8, 4) is 0 Å². The number of nitrogens with one attached hydrogen (secondary N) is 2. The van der Waals surface area contributed by atoms with Crippen LogP contribution in [0.15, 0.2) is 48.5 Å². The van der Waals surface area contributed by atoms with Gasteiger partial charge in [-0.2, -0.15) is 0 Å². The van der Waals surface area contributed by atoms with E-state index in [1.807, 2.05) is 0 Å². The molecular weight excluding hydrogens is 314 g/mol. The first-order chi connectivity index (χ1) is 11.6. The van der Waals surface area contributed by atoms with Crippen LogP contribution in [0.5, 0.6) is 0 Å². The van der Waals surface area contributed by atoms with Crippen LogP contribution >= 0.6 is 12.2 Å². The van der Waals surface area contributed by atoms with Crippen molar-refractivity contribution < 1.29 is 0 Å². The second-order valence-electron chi connectivity index (χ2n) is 6.68. The number of anilines is 1. The summed E-state index contributed by atoms with van der Waals surface area (Å²) in [7, 11) is 0. The Balaban J connectivity index is 1.49. The van der Waals surface area contributed by atoms with Crippen LogP contribution < -0.4 is 10.6 Å². The smallest absolute Gasteiger partial charge is 0.171 e. The van der Waals surface area contributed by atoms with Crippen molar-refractivity contribution in [2.45, 2.75) is 32.9 Å². The number of aryl methyl sites for hydroxylation is 2. The Labute approximate surface area is 150 Å². The van der Waals surface area contributed by atoms with Gasteiger partial charge in [0.2, 0.25) is 0 Å². The van der Waals surface area contributed by atoms with Crippen molar-refractivity contribution in [3.05, 3.63) is 65.2 Å². The Kier molecular flexibility index (Phi) is 5.48. The van der Waals surface area contributed by atoms with Crippen LogP contribution in [0.25, 0.3) is 0 Å². The maximum atomic E-state index is 5.49. The molecule has 1 fully saturated rings. The summed E-state index contributed by atoms with van der Waals surface area (Å²) in [4.78, 5) is 2.48. The molecule has 2 aromatic carbocycles. The minimum atomic E-state index is 0.416. The third kappa shape index (κ3) is 4.79. The van der Waals surface area contributed by atoms with E-state index in [0.717, 1.165) is 31.7 Å². The minimum Gasteiger partial charge on any atom is -0.358 e. The fourth-order valence-electron chi connectivity index (χ4n) is 3.34. The van der Waals surface area contributed by atoms with Crippen LogP contribution in [0.2, 0.25) is 0 Å². The van der Waals surface area contributed by atoms with Crippen molar-refractivity contribution in [2.75, 3.05) is 18.4 Å². The summed E-state index contributed by atoms with van der Waals surface area (Å²) < 4.78 is 0. The Hall–Kier alpha value is -1.91. The zero-order valence-corrected chi connectivity index (χ0v) is 15.2. The molecule has 1 aliphatic rings. The van der Waals surface area contributed by atoms with Crippen LogP contribution in [0.3, 0.4) is 0 Å². The lowest BCUT2D eigenvalue weighted by molar-refractivity contribution is 0.324. The summed E-state index contributed by atoms with van der Waals surface area (Å²) in [6.07, 6.45) is 1.13. The molecule has 1 atom stereocenters. The van der Waals surface area contributed by atoms with Crippen LogP contribution in [-0.2, 0) is 6.54 Å². The molecule has 1 aliphatic heterocycles. The van der Waals surface area contributed by atoms with E-state index in [-0.39, 0.29) is 0 Å². The predicted octanol–water partition coefficient (Wildman–Crippen LogP) is 3.86. The molecule has 126 valence electrons. The van der Waals surface area contributed by atoms with Crippen molar-refractivity contribution in [2.24, 2.45) is 0 Å². The molecule has 0 amide bonds. The first-order valence-corrected chi connectivity index (χ1v) is 8.91. The average molecular weight is 340 g/mol. The van der Waals surface area contributed by atoms with Gasteiger partial charge in [-0.15, -0.1) is 0 Å². The van der Waals surface area contributed by atoms with E-state index in [1.54, 1.807) is 0 Å². The highest BCUT2D eigenvalue weighted by Gasteiger charge is 2.22. The van der Waals surface area contributed by atoms with Gasteiger partial charge < -0.3 is 10.6 Å². The van der Waals surface area contributed by atoms with Gasteiger partial charge in [0.15, 0.2) is 5.11 Å². The first-order valence-electron chi connectivity index (χ1n) is 8.50. The second-order valence-corrected chi connectivity index (χ2v) is 7.09. The van der Waals surface area contributed by atoms with Gasteiger partial charge >= 0.3 is 0 Å². The van der Waals surface area contributed by atoms with Crippen molar-refractivity contribution in [3.63, 3.8) is 0 Å². The minimum absolute atomic E-state index is 0.416. The molecular formula is C20H25N3S. The Morgan fingerprint density at radius 2 is 1.83 bits per heavy atom. The summed E-state index contributed by atoms with van der Waals surface area (Å²) in [5, 5.41) is 7.49. The number of hydrogen-bond acceptors (Lipinski definition) is 2. The lowest BCUT2D eigenvalue weighted by Gasteiger charge is -2.18. The van der Waals surface area contributed by atoms with Gasteiger partial charge in [-0.1, -0.05) is 36.4 Å². The summed E-state index contributed by atoms with van der Waals surface area (Å²) in [6, 6.07) is 17.5. The largest absolute Gasteiger partial charge is 0.358 e. The number of thiocarbonyl (C=S) groups is 1. The SMILES string of the molecule is Cc1cc(C)cc(NC(=S)N[C@@H]2CCN(Cc3ccccc3)C2)c1. The van der Waals surface area contributed by atoms with Gasteiger partial charge in [0.1, 0.15) is 0 Å². The monoisotopic (exact) mass is 339 g/mol. The summed E-state index contributed by atoms with van der Waals surface area (Å²) >= 11 is 5.49. The van der Waals surface area contributed by atoms with E-state index >= 15 is 0 Å². The van der Waals surface area contributed by atoms with Gasteiger partial charge in [0, 0.05) is 31.4 Å². The van der Waals surface area contributed by atoms with Gasteiger partial charge in [-0.3, -0.25) is 4.90 Å². The average Bonchev–Trinajstić information content (AvgIpc) is 2.94. The standard InChI is InChI=1S/C20H25N3S/c1-15-10-16(2)12-19(11-15)22-20(24)21-18-8-9-23(14-18)13-17-6-4-3-5-7-17/h3-7,10-12,18H,8-9,13-14H2,1-2H3,(H2,21,22,24)/t18-/m1/s1. The van der Waals surface area contributed by atoms with Crippen molar-refractivity contribution in [1.82, 2.24) is 10.2 Å². The molecule has 1 heterocycles. The summed E-state index contributed by atoms with van der Waals surface area (Å²) in [5.74, 6) is 0. The normalized spacial score (nSPS) is 17.7. The number of nitrogens with zero attached hydrogens (tertiary/aromatic N) is 1. The summed E-state index contributed by atoms with van der Waals surface area (Å²) in [5.41, 5.74) is 4.92. The molecule has 1 saturated heterocycles. The molecule has 0 bridgehead atoms. The van der Waals surface area contributed by atoms with Crippen LogP contribution in [-0.4, -0.2) is 29.1 Å². The lowest BCUT2D eigenvalue weighted by Crippen LogP contribution is -2.39. The fraction of sp³-hybridized carbons (Fsp3) is 0.350. The second kappa shape index (κ2) is 7.77. The van der Waals surface area contributed by atoms with Crippen molar-refractivity contribution >= 4 is 23.0 Å². The van der Waals surface area contributed by atoms with Gasteiger partial charge in [-0.25, -0.2) is 0 Å². The molecule has 2 N–H and O–H groups in total. The van der Waals surface area contributed by atoms with Gasteiger partial charge in [0.25, 0.3) is 0 Å². The Bertz CT molecular complexity index is 679. The molecule has 3 rings (SSSR count). The zero-order chi connectivity index (χ0) is 16.9. The summed E-state index contributed by atoms with van der Waals surface area (Å²) in [6.45, 7) is 7.36. The topological polar surface area (TPSA) is 27.3 Å². The van der Waals surface area contributed by atoms with Crippen LogP contribution in [0.4, 0.5) is 5.69 Å². The van der Waals surface area contributed by atoms with Crippen LogP contribution in [0.1, 0.15) is 23.1 Å². The highest BCUT2D eigenvalue weighted by Crippen LogP contribution is 2.15. The molecule has 2 aromatic rings. The van der Waals surface area contributed by atoms with Crippen LogP contribution in [0, 0.1) is 13.8 Å². The van der Waals surface area contributed by atoms with Crippen molar-refractivity contribution in [1.29, 1.82) is 0 Å². The number of likely N-dealkylation sites (tertiary alicyclic amines) is 1. The number of benzene rings is 2. The lowest BCUT2D eigenvalue weighted by atomic mass is 10.1. The molecule has 24 heavy (non-hydrogen) atoms. The maximum Gasteiger partial charge on any atom is 0.171 e. The van der Waals surface area contributed by atoms with E-state index in [0.29, 0.717) is 11.2 Å². The molecule has 0 saturated carbocycles. The van der Waals surface area contributed by atoms with E-state index in [9.17, 15) is 0 Å². The first kappa shape index (κ1) is 16.9. The van der Waals surface area contributed by atoms with E-state index in [1.165, 1.54) is 16.7 Å². The molecule has 0 aliphatic carbocycles. The Morgan fingerprint density at radius 3 is 2.54 bits per heavy atom. The third-order valence-electron chi connectivity index (χ3n) is 4.34. The molecule has 3 nitrogen and oxygen atoms in total. The molecule has 0 spiro atoms.